The maximum atomic E-state index is 13.8. The SMILES string of the molecule is Cc1cc2nc(N(Cc3cccnc3)C(=O)C3CCN(S(=O)(=O)c4cccs4)CC3)sc2cc1C. The number of hydrogen-bond donors (Lipinski definition) is 0. The van der Waals surface area contributed by atoms with E-state index in [-0.39, 0.29) is 11.8 Å². The molecule has 1 fully saturated rings. The van der Waals surface area contributed by atoms with Crippen molar-refractivity contribution in [1.82, 2.24) is 14.3 Å². The second-order valence-electron chi connectivity index (χ2n) is 8.80. The number of thiophene rings is 1. The highest BCUT2D eigenvalue weighted by Gasteiger charge is 2.35. The molecule has 4 aromatic rings. The first-order valence-corrected chi connectivity index (χ1v) is 14.6. The van der Waals surface area contributed by atoms with Gasteiger partial charge in [-0.15, -0.1) is 11.3 Å². The van der Waals surface area contributed by atoms with Gasteiger partial charge in [-0.1, -0.05) is 23.5 Å². The van der Waals surface area contributed by atoms with Gasteiger partial charge in [0.25, 0.3) is 10.0 Å². The molecule has 3 aromatic heterocycles. The predicted molar refractivity (Wildman–Crippen MR) is 140 cm³/mol. The molecule has 0 atom stereocenters. The van der Waals surface area contributed by atoms with Crippen molar-refractivity contribution in [2.45, 2.75) is 37.4 Å². The third-order valence-corrected chi connectivity index (χ3v) is 10.8. The second kappa shape index (κ2) is 9.77. The summed E-state index contributed by atoms with van der Waals surface area (Å²) < 4.78 is 28.7. The van der Waals surface area contributed by atoms with E-state index in [9.17, 15) is 13.2 Å². The quantitative estimate of drug-likeness (QED) is 0.353. The first-order chi connectivity index (χ1) is 16.8. The van der Waals surface area contributed by atoms with Gasteiger partial charge in [0.05, 0.1) is 16.8 Å². The fourth-order valence-corrected chi connectivity index (χ4v) is 7.96. The van der Waals surface area contributed by atoms with Crippen LogP contribution in [-0.2, 0) is 21.4 Å². The molecule has 7 nitrogen and oxygen atoms in total. The molecule has 0 aliphatic carbocycles. The zero-order valence-electron chi connectivity index (χ0n) is 19.5. The minimum Gasteiger partial charge on any atom is -0.283 e. The van der Waals surface area contributed by atoms with Crippen LogP contribution >= 0.6 is 22.7 Å². The Hall–Kier alpha value is -2.66. The smallest absolute Gasteiger partial charge is 0.252 e. The summed E-state index contributed by atoms with van der Waals surface area (Å²) in [6.45, 7) is 5.17. The van der Waals surface area contributed by atoms with Gasteiger partial charge in [-0.05, 0) is 73.0 Å². The summed E-state index contributed by atoms with van der Waals surface area (Å²) in [5.74, 6) is -0.286. The molecule has 35 heavy (non-hydrogen) atoms. The molecule has 0 radical (unpaired) electrons. The van der Waals surface area contributed by atoms with Crippen molar-refractivity contribution in [2.24, 2.45) is 5.92 Å². The van der Waals surface area contributed by atoms with Crippen LogP contribution in [0.1, 0.15) is 29.5 Å². The Morgan fingerprint density at radius 1 is 1.14 bits per heavy atom. The molecule has 1 aliphatic rings. The fraction of sp³-hybridized carbons (Fsp3) is 0.320. The largest absolute Gasteiger partial charge is 0.283 e. The molecule has 1 amide bonds. The van der Waals surface area contributed by atoms with E-state index in [2.05, 4.69) is 31.0 Å². The molecule has 0 spiro atoms. The Kier molecular flexibility index (Phi) is 6.71. The van der Waals surface area contributed by atoms with Crippen LogP contribution in [0.2, 0.25) is 0 Å². The maximum absolute atomic E-state index is 13.8. The number of thiazole rings is 1. The Morgan fingerprint density at radius 3 is 2.60 bits per heavy atom. The first kappa shape index (κ1) is 24.1. The number of anilines is 1. The Labute approximate surface area is 213 Å². The van der Waals surface area contributed by atoms with Gasteiger partial charge in [0, 0.05) is 31.4 Å². The van der Waals surface area contributed by atoms with Crippen LogP contribution < -0.4 is 4.90 Å². The molecule has 5 rings (SSSR count). The van der Waals surface area contributed by atoms with Gasteiger partial charge in [0.15, 0.2) is 5.13 Å². The molecule has 1 saturated heterocycles. The predicted octanol–water partition coefficient (Wildman–Crippen LogP) is 5.00. The van der Waals surface area contributed by atoms with Gasteiger partial charge in [0.1, 0.15) is 4.21 Å². The van der Waals surface area contributed by atoms with Crippen LogP contribution in [0.3, 0.4) is 0 Å². The van der Waals surface area contributed by atoms with E-state index >= 15 is 0 Å². The average molecular weight is 527 g/mol. The number of fused-ring (bicyclic) bond motifs is 1. The van der Waals surface area contributed by atoms with Gasteiger partial charge in [-0.2, -0.15) is 4.31 Å². The number of nitrogens with zero attached hydrogens (tertiary/aromatic N) is 4. The lowest BCUT2D eigenvalue weighted by atomic mass is 9.96. The van der Waals surface area contributed by atoms with Gasteiger partial charge >= 0.3 is 0 Å². The molecule has 10 heteroatoms. The average Bonchev–Trinajstić information content (AvgIpc) is 3.54. The maximum Gasteiger partial charge on any atom is 0.252 e. The zero-order chi connectivity index (χ0) is 24.6. The molecule has 0 saturated carbocycles. The van der Waals surface area contributed by atoms with Crippen molar-refractivity contribution in [3.63, 3.8) is 0 Å². The van der Waals surface area contributed by atoms with Gasteiger partial charge in [-0.25, -0.2) is 13.4 Å². The number of rotatable bonds is 6. The van der Waals surface area contributed by atoms with E-state index in [0.29, 0.717) is 41.8 Å². The molecule has 4 heterocycles. The van der Waals surface area contributed by atoms with E-state index in [4.69, 9.17) is 4.98 Å². The summed E-state index contributed by atoms with van der Waals surface area (Å²) in [6, 6.07) is 11.4. The highest BCUT2D eigenvalue weighted by molar-refractivity contribution is 7.91. The van der Waals surface area contributed by atoms with Crippen LogP contribution in [0.5, 0.6) is 0 Å². The summed E-state index contributed by atoms with van der Waals surface area (Å²) in [7, 11) is -3.51. The van der Waals surface area contributed by atoms with Gasteiger partial charge in [0.2, 0.25) is 5.91 Å². The number of aromatic nitrogens is 2. The number of amides is 1. The molecular weight excluding hydrogens is 501 g/mol. The van der Waals surface area contributed by atoms with Crippen molar-refractivity contribution in [3.8, 4) is 0 Å². The topological polar surface area (TPSA) is 83.5 Å². The van der Waals surface area contributed by atoms with E-state index in [1.165, 1.54) is 38.1 Å². The monoisotopic (exact) mass is 526 g/mol. The molecule has 1 aliphatic heterocycles. The molecule has 182 valence electrons. The van der Waals surface area contributed by atoms with Crippen molar-refractivity contribution in [2.75, 3.05) is 18.0 Å². The first-order valence-electron chi connectivity index (χ1n) is 11.4. The third-order valence-electron chi connectivity index (χ3n) is 6.45. The number of piperidine rings is 1. The summed E-state index contributed by atoms with van der Waals surface area (Å²) in [5.41, 5.74) is 4.16. The number of carbonyl (C=O) groups excluding carboxylic acids is 1. The zero-order valence-corrected chi connectivity index (χ0v) is 22.0. The summed E-state index contributed by atoms with van der Waals surface area (Å²) in [4.78, 5) is 24.6. The lowest BCUT2D eigenvalue weighted by molar-refractivity contribution is -0.123. The number of aryl methyl sites for hydroxylation is 2. The molecule has 0 unspecified atom stereocenters. The van der Waals surface area contributed by atoms with Crippen LogP contribution in [0.25, 0.3) is 10.2 Å². The van der Waals surface area contributed by atoms with Crippen LogP contribution in [-0.4, -0.2) is 41.7 Å². The number of carbonyl (C=O) groups is 1. The van der Waals surface area contributed by atoms with Crippen molar-refractivity contribution < 1.29 is 13.2 Å². The highest BCUT2D eigenvalue weighted by Crippen LogP contribution is 2.34. The second-order valence-corrected chi connectivity index (χ2v) is 12.9. The lowest BCUT2D eigenvalue weighted by Crippen LogP contribution is -2.44. The normalized spacial score (nSPS) is 15.5. The Balaban J connectivity index is 1.40. The highest BCUT2D eigenvalue weighted by atomic mass is 32.2. The van der Waals surface area contributed by atoms with E-state index in [1.807, 2.05) is 12.1 Å². The minimum absolute atomic E-state index is 0.0190. The summed E-state index contributed by atoms with van der Waals surface area (Å²) >= 11 is 2.73. The lowest BCUT2D eigenvalue weighted by Gasteiger charge is -2.32. The van der Waals surface area contributed by atoms with Gasteiger partial charge in [-0.3, -0.25) is 14.7 Å². The minimum atomic E-state index is -3.51. The fourth-order valence-electron chi connectivity index (χ4n) is 4.30. The van der Waals surface area contributed by atoms with E-state index in [1.54, 1.807) is 34.8 Å². The Bertz CT molecular complexity index is 1400. The van der Waals surface area contributed by atoms with E-state index < -0.39 is 10.0 Å². The molecular formula is C25H26N4O3S3. The van der Waals surface area contributed by atoms with Crippen LogP contribution in [0.4, 0.5) is 5.13 Å². The summed E-state index contributed by atoms with van der Waals surface area (Å²) in [6.07, 6.45) is 4.44. The van der Waals surface area contributed by atoms with Crippen LogP contribution in [0, 0.1) is 19.8 Å². The van der Waals surface area contributed by atoms with Crippen LogP contribution in [0.15, 0.2) is 58.4 Å². The Morgan fingerprint density at radius 2 is 1.91 bits per heavy atom. The van der Waals surface area contributed by atoms with Crippen molar-refractivity contribution in [3.05, 3.63) is 70.9 Å². The number of benzene rings is 1. The van der Waals surface area contributed by atoms with Gasteiger partial charge < -0.3 is 0 Å². The molecule has 1 aromatic carbocycles. The molecule has 0 N–H and O–H groups in total. The van der Waals surface area contributed by atoms with Crippen molar-refractivity contribution >= 4 is 54.0 Å². The number of hydrogen-bond acceptors (Lipinski definition) is 7. The van der Waals surface area contributed by atoms with E-state index in [0.717, 1.165) is 15.8 Å². The van der Waals surface area contributed by atoms with Crippen molar-refractivity contribution in [1.29, 1.82) is 0 Å². The standard InChI is InChI=1S/C25H26N4O3S3/c1-17-13-21-22(14-18(17)2)34-25(27-21)29(16-19-5-3-9-26-15-19)24(30)20-7-10-28(11-8-20)35(31,32)23-6-4-12-33-23/h3-6,9,12-15,20H,7-8,10-11,16H2,1-2H3. The number of pyridine rings is 1. The number of sulfonamides is 1. The molecule has 0 bridgehead atoms. The third kappa shape index (κ3) is 4.88. The summed E-state index contributed by atoms with van der Waals surface area (Å²) in [5, 5.41) is 2.42.